The number of thioether (sulfide) groups is 1. The van der Waals surface area contributed by atoms with Crippen LogP contribution >= 0.6 is 11.8 Å². The summed E-state index contributed by atoms with van der Waals surface area (Å²) in [5, 5.41) is 3.69. The molecule has 2 aromatic heterocycles. The second-order valence-corrected chi connectivity index (χ2v) is 12.3. The lowest BCUT2D eigenvalue weighted by Crippen LogP contribution is -2.45. The molecule has 2 aliphatic rings. The molecule has 174 valence electrons. The summed E-state index contributed by atoms with van der Waals surface area (Å²) in [6.07, 6.45) is 3.60. The standard InChI is InChI=1S/C24H34N4O3S/c1-14(2)32-18-9-8-10-28-17(18)11-25-21(28)24(6,7)26-20(29)19-15-12-27(13-16(15)19)22(30)31-23(3,4)5/h8-11,14-16,19H,12-13H2,1-7H3,(H,26,29)/t15-,16+,19+. The molecule has 0 radical (unpaired) electrons. The minimum absolute atomic E-state index is 0.0401. The molecule has 0 aromatic carbocycles. The third-order valence-corrected chi connectivity index (χ3v) is 7.11. The van der Waals surface area contributed by atoms with Crippen molar-refractivity contribution in [3.8, 4) is 0 Å². The van der Waals surface area contributed by atoms with E-state index in [-0.39, 0.29) is 29.8 Å². The van der Waals surface area contributed by atoms with Gasteiger partial charge in [0.25, 0.3) is 0 Å². The van der Waals surface area contributed by atoms with Gasteiger partial charge in [0.15, 0.2) is 0 Å². The predicted octanol–water partition coefficient (Wildman–Crippen LogP) is 4.30. The fraction of sp³-hybridized carbons (Fsp3) is 0.625. The molecule has 1 saturated carbocycles. The number of fused-ring (bicyclic) bond motifs is 2. The van der Waals surface area contributed by atoms with Crippen LogP contribution in [0.5, 0.6) is 0 Å². The molecule has 1 aliphatic heterocycles. The number of hydrogen-bond donors (Lipinski definition) is 1. The maximum atomic E-state index is 13.1. The van der Waals surface area contributed by atoms with Crippen LogP contribution in [0.2, 0.25) is 0 Å². The van der Waals surface area contributed by atoms with E-state index in [2.05, 4.69) is 34.6 Å². The number of amides is 2. The molecule has 32 heavy (non-hydrogen) atoms. The van der Waals surface area contributed by atoms with Gasteiger partial charge in [0.2, 0.25) is 5.91 Å². The minimum Gasteiger partial charge on any atom is -0.444 e. The maximum absolute atomic E-state index is 13.1. The average Bonchev–Trinajstić information content (AvgIpc) is 3.01. The van der Waals surface area contributed by atoms with Crippen molar-refractivity contribution in [2.45, 2.75) is 69.8 Å². The molecule has 1 saturated heterocycles. The number of carbonyl (C=O) groups excluding carboxylic acids is 2. The second kappa shape index (κ2) is 7.97. The van der Waals surface area contributed by atoms with Crippen LogP contribution in [0.4, 0.5) is 4.79 Å². The minimum atomic E-state index is -0.619. The summed E-state index contributed by atoms with van der Waals surface area (Å²) < 4.78 is 7.54. The number of nitrogens with one attached hydrogen (secondary N) is 1. The van der Waals surface area contributed by atoms with Crippen molar-refractivity contribution in [3.05, 3.63) is 30.4 Å². The van der Waals surface area contributed by atoms with Gasteiger partial charge in [-0.3, -0.25) is 4.79 Å². The Kier molecular flexibility index (Phi) is 5.72. The first-order valence-corrected chi connectivity index (χ1v) is 12.2. The third-order valence-electron chi connectivity index (χ3n) is 6.04. The van der Waals surface area contributed by atoms with Crippen LogP contribution in [-0.2, 0) is 15.1 Å². The Labute approximate surface area is 194 Å². The molecule has 2 aromatic rings. The van der Waals surface area contributed by atoms with Gasteiger partial charge in [-0.15, -0.1) is 11.8 Å². The summed E-state index contributed by atoms with van der Waals surface area (Å²) in [6, 6.07) is 4.14. The number of pyridine rings is 1. The largest absolute Gasteiger partial charge is 0.444 e. The second-order valence-electron chi connectivity index (χ2n) is 10.7. The molecule has 3 heterocycles. The Morgan fingerprint density at radius 3 is 2.44 bits per heavy atom. The van der Waals surface area contributed by atoms with Gasteiger partial charge in [-0.2, -0.15) is 0 Å². The maximum Gasteiger partial charge on any atom is 0.410 e. The van der Waals surface area contributed by atoms with E-state index in [0.29, 0.717) is 18.3 Å². The van der Waals surface area contributed by atoms with E-state index in [4.69, 9.17) is 4.74 Å². The fourth-order valence-electron chi connectivity index (χ4n) is 4.65. The van der Waals surface area contributed by atoms with E-state index < -0.39 is 11.1 Å². The Hall–Kier alpha value is -2.22. The molecule has 0 spiro atoms. The van der Waals surface area contributed by atoms with Crippen molar-refractivity contribution in [1.82, 2.24) is 19.6 Å². The van der Waals surface area contributed by atoms with Crippen molar-refractivity contribution in [3.63, 3.8) is 0 Å². The number of nitrogens with zero attached hydrogens (tertiary/aromatic N) is 3. The number of piperidine rings is 1. The van der Waals surface area contributed by atoms with Gasteiger partial charge < -0.3 is 19.4 Å². The SMILES string of the molecule is CC(C)Sc1cccn2c(C(C)(C)NC(=O)[C@H]3[C@@H]4CN(C(=O)OC(C)(C)C)C[C@@H]43)ncc12. The molecule has 8 heteroatoms. The predicted molar refractivity (Wildman–Crippen MR) is 126 cm³/mol. The molecular formula is C24H34N4O3S. The highest BCUT2D eigenvalue weighted by Gasteiger charge is 2.61. The average molecular weight is 459 g/mol. The van der Waals surface area contributed by atoms with Gasteiger partial charge in [0.1, 0.15) is 11.4 Å². The van der Waals surface area contributed by atoms with Crippen LogP contribution in [-0.4, -0.2) is 50.2 Å². The van der Waals surface area contributed by atoms with E-state index in [9.17, 15) is 9.59 Å². The molecule has 3 atom stereocenters. The molecule has 4 rings (SSSR count). The number of likely N-dealkylation sites (tertiary alicyclic amines) is 1. The summed E-state index contributed by atoms with van der Waals surface area (Å²) in [7, 11) is 0. The van der Waals surface area contributed by atoms with Crippen LogP contribution < -0.4 is 5.32 Å². The summed E-state index contributed by atoms with van der Waals surface area (Å²) in [4.78, 5) is 33.0. The van der Waals surface area contributed by atoms with E-state index in [1.807, 2.05) is 53.1 Å². The lowest BCUT2D eigenvalue weighted by molar-refractivity contribution is -0.125. The van der Waals surface area contributed by atoms with Crippen molar-refractivity contribution < 1.29 is 14.3 Å². The Morgan fingerprint density at radius 1 is 1.19 bits per heavy atom. The zero-order valence-electron chi connectivity index (χ0n) is 20.0. The summed E-state index contributed by atoms with van der Waals surface area (Å²) in [6.45, 7) is 15.1. The number of rotatable bonds is 5. The Bertz CT molecular complexity index is 1030. The number of aromatic nitrogens is 2. The number of hydrogen-bond acceptors (Lipinski definition) is 5. The highest BCUT2D eigenvalue weighted by molar-refractivity contribution is 8.00. The van der Waals surface area contributed by atoms with Crippen molar-refractivity contribution in [1.29, 1.82) is 0 Å². The highest BCUT2D eigenvalue weighted by Crippen LogP contribution is 2.52. The van der Waals surface area contributed by atoms with Gasteiger partial charge in [-0.05, 0) is 58.6 Å². The summed E-state index contributed by atoms with van der Waals surface area (Å²) >= 11 is 1.81. The van der Waals surface area contributed by atoms with Crippen molar-refractivity contribution >= 4 is 29.3 Å². The quantitative estimate of drug-likeness (QED) is 0.676. The number of imidazole rings is 1. The zero-order chi connectivity index (χ0) is 23.4. The lowest BCUT2D eigenvalue weighted by Gasteiger charge is -2.27. The Balaban J connectivity index is 1.41. The molecule has 2 amide bonds. The molecule has 1 aliphatic carbocycles. The van der Waals surface area contributed by atoms with Gasteiger partial charge >= 0.3 is 6.09 Å². The van der Waals surface area contributed by atoms with Crippen molar-refractivity contribution in [2.24, 2.45) is 17.8 Å². The van der Waals surface area contributed by atoms with Crippen LogP contribution in [0.1, 0.15) is 54.3 Å². The monoisotopic (exact) mass is 458 g/mol. The molecular weight excluding hydrogens is 424 g/mol. The van der Waals surface area contributed by atoms with E-state index >= 15 is 0 Å². The third kappa shape index (κ3) is 4.47. The highest BCUT2D eigenvalue weighted by atomic mass is 32.2. The van der Waals surface area contributed by atoms with Crippen LogP contribution in [0.25, 0.3) is 5.52 Å². The molecule has 2 fully saturated rings. The summed E-state index contributed by atoms with van der Waals surface area (Å²) in [5.41, 5.74) is -0.0720. The first kappa shape index (κ1) is 23.0. The molecule has 7 nitrogen and oxygen atoms in total. The Morgan fingerprint density at radius 2 is 1.84 bits per heavy atom. The summed E-state index contributed by atoms with van der Waals surface area (Å²) in [5.74, 6) is 1.23. The first-order valence-electron chi connectivity index (χ1n) is 11.3. The molecule has 0 unspecified atom stereocenters. The van der Waals surface area contributed by atoms with Crippen LogP contribution in [0.3, 0.4) is 0 Å². The van der Waals surface area contributed by atoms with Crippen LogP contribution in [0.15, 0.2) is 29.4 Å². The van der Waals surface area contributed by atoms with Crippen LogP contribution in [0, 0.1) is 17.8 Å². The van der Waals surface area contributed by atoms with Crippen molar-refractivity contribution in [2.75, 3.05) is 13.1 Å². The van der Waals surface area contributed by atoms with E-state index in [1.165, 1.54) is 4.90 Å². The van der Waals surface area contributed by atoms with Gasteiger partial charge in [-0.1, -0.05) is 13.8 Å². The molecule has 1 N–H and O–H groups in total. The van der Waals surface area contributed by atoms with E-state index in [1.54, 1.807) is 16.7 Å². The lowest BCUT2D eigenvalue weighted by atomic mass is 10.0. The number of carbonyl (C=O) groups is 2. The van der Waals surface area contributed by atoms with Gasteiger partial charge in [-0.25, -0.2) is 9.78 Å². The normalized spacial score (nSPS) is 22.9. The fourth-order valence-corrected chi connectivity index (χ4v) is 5.59. The topological polar surface area (TPSA) is 75.9 Å². The van der Waals surface area contributed by atoms with Gasteiger partial charge in [0, 0.05) is 35.3 Å². The molecule has 0 bridgehead atoms. The smallest absolute Gasteiger partial charge is 0.410 e. The van der Waals surface area contributed by atoms with E-state index in [0.717, 1.165) is 11.3 Å². The van der Waals surface area contributed by atoms with Gasteiger partial charge in [0.05, 0.1) is 17.3 Å². The zero-order valence-corrected chi connectivity index (χ0v) is 20.8. The first-order chi connectivity index (χ1) is 14.9. The number of ether oxygens (including phenoxy) is 1.